The second-order valence-electron chi connectivity index (χ2n) is 5.58. The Morgan fingerprint density at radius 1 is 1.23 bits per heavy atom. The average Bonchev–Trinajstić information content (AvgIpc) is 3.08. The van der Waals surface area contributed by atoms with Crippen LogP contribution in [0.2, 0.25) is 0 Å². The van der Waals surface area contributed by atoms with Crippen molar-refractivity contribution in [1.82, 2.24) is 4.98 Å². The lowest BCUT2D eigenvalue weighted by molar-refractivity contribution is 0.571. The molecule has 132 valence electrons. The predicted octanol–water partition coefficient (Wildman–Crippen LogP) is 3.32. The normalized spacial score (nSPS) is 11.1. The van der Waals surface area contributed by atoms with Gasteiger partial charge in [0.1, 0.15) is 17.8 Å². The molecule has 0 saturated heterocycles. The number of nitriles is 1. The van der Waals surface area contributed by atoms with Crippen molar-refractivity contribution in [2.45, 2.75) is 6.54 Å². The highest BCUT2D eigenvalue weighted by Gasteiger charge is 2.20. The van der Waals surface area contributed by atoms with Crippen LogP contribution in [0.4, 0.5) is 10.1 Å². The van der Waals surface area contributed by atoms with Gasteiger partial charge < -0.3 is 4.42 Å². The van der Waals surface area contributed by atoms with Crippen LogP contribution in [-0.4, -0.2) is 19.7 Å². The third kappa shape index (κ3) is 3.90. The second-order valence-corrected chi connectivity index (χ2v) is 7.49. The summed E-state index contributed by atoms with van der Waals surface area (Å²) in [5.41, 5.74) is 1.67. The standard InChI is InChI=1S/C18H14FN3O3S/c1-26(23,24)22(17-4-2-3-13(9-17)10-20)11-16-12-25-18(21-16)14-5-7-15(19)8-6-14/h2-9,12H,11H2,1H3. The molecule has 0 N–H and O–H groups in total. The minimum Gasteiger partial charge on any atom is -0.444 e. The Morgan fingerprint density at radius 2 is 1.96 bits per heavy atom. The summed E-state index contributed by atoms with van der Waals surface area (Å²) in [5.74, 6) is -0.111. The van der Waals surface area contributed by atoms with Gasteiger partial charge in [0, 0.05) is 5.56 Å². The van der Waals surface area contributed by atoms with E-state index in [0.29, 0.717) is 22.5 Å². The first-order valence-corrected chi connectivity index (χ1v) is 9.40. The molecule has 0 spiro atoms. The Kier molecular flexibility index (Phi) is 4.73. The van der Waals surface area contributed by atoms with Crippen molar-refractivity contribution in [1.29, 1.82) is 5.26 Å². The lowest BCUT2D eigenvalue weighted by Crippen LogP contribution is -2.29. The number of halogens is 1. The molecule has 0 aliphatic rings. The van der Waals surface area contributed by atoms with Crippen LogP contribution in [0.25, 0.3) is 11.5 Å². The summed E-state index contributed by atoms with van der Waals surface area (Å²) in [4.78, 5) is 4.27. The summed E-state index contributed by atoms with van der Waals surface area (Å²) in [7, 11) is -3.61. The van der Waals surface area contributed by atoms with Crippen molar-refractivity contribution in [3.8, 4) is 17.5 Å². The minimum absolute atomic E-state index is 0.0571. The van der Waals surface area contributed by atoms with Gasteiger partial charge in [0.15, 0.2) is 0 Å². The molecule has 0 bridgehead atoms. The number of hydrogen-bond acceptors (Lipinski definition) is 5. The van der Waals surface area contributed by atoms with Gasteiger partial charge in [0.2, 0.25) is 15.9 Å². The number of oxazole rings is 1. The van der Waals surface area contributed by atoms with Gasteiger partial charge in [-0.15, -0.1) is 0 Å². The van der Waals surface area contributed by atoms with Crippen LogP contribution in [0.15, 0.2) is 59.2 Å². The number of aromatic nitrogens is 1. The molecule has 6 nitrogen and oxygen atoms in total. The first-order chi connectivity index (χ1) is 12.4. The molecule has 3 rings (SSSR count). The zero-order valence-electron chi connectivity index (χ0n) is 13.8. The smallest absolute Gasteiger partial charge is 0.232 e. The molecule has 1 heterocycles. The van der Waals surface area contributed by atoms with E-state index >= 15 is 0 Å². The Bertz CT molecular complexity index is 1070. The monoisotopic (exact) mass is 371 g/mol. The molecular weight excluding hydrogens is 357 g/mol. The Balaban J connectivity index is 1.91. The Hall–Kier alpha value is -3.18. The number of nitrogens with zero attached hydrogens (tertiary/aromatic N) is 3. The van der Waals surface area contributed by atoms with Crippen molar-refractivity contribution in [2.75, 3.05) is 10.6 Å². The first kappa shape index (κ1) is 17.6. The van der Waals surface area contributed by atoms with Crippen LogP contribution in [0.1, 0.15) is 11.3 Å². The van der Waals surface area contributed by atoms with Crippen LogP contribution in [0.5, 0.6) is 0 Å². The third-order valence-corrected chi connectivity index (χ3v) is 4.75. The van der Waals surface area contributed by atoms with Gasteiger partial charge in [-0.25, -0.2) is 17.8 Å². The van der Waals surface area contributed by atoms with E-state index in [-0.39, 0.29) is 18.3 Å². The molecule has 0 fully saturated rings. The van der Waals surface area contributed by atoms with Gasteiger partial charge in [-0.2, -0.15) is 5.26 Å². The molecular formula is C18H14FN3O3S. The summed E-state index contributed by atoms with van der Waals surface area (Å²) in [6.45, 7) is -0.0571. The maximum Gasteiger partial charge on any atom is 0.232 e. The SMILES string of the molecule is CS(=O)(=O)N(Cc1coc(-c2ccc(F)cc2)n1)c1cccc(C#N)c1. The van der Waals surface area contributed by atoms with E-state index in [9.17, 15) is 12.8 Å². The quantitative estimate of drug-likeness (QED) is 0.687. The van der Waals surface area contributed by atoms with Crippen molar-refractivity contribution in [3.63, 3.8) is 0 Å². The lowest BCUT2D eigenvalue weighted by Gasteiger charge is -2.21. The van der Waals surface area contributed by atoms with Crippen LogP contribution < -0.4 is 4.31 Å². The number of hydrogen-bond donors (Lipinski definition) is 0. The molecule has 3 aromatic rings. The molecule has 1 aromatic heterocycles. The minimum atomic E-state index is -3.61. The highest BCUT2D eigenvalue weighted by molar-refractivity contribution is 7.92. The fraction of sp³-hybridized carbons (Fsp3) is 0.111. The Morgan fingerprint density at radius 3 is 2.62 bits per heavy atom. The molecule has 26 heavy (non-hydrogen) atoms. The number of rotatable bonds is 5. The van der Waals surface area contributed by atoms with Crippen LogP contribution in [-0.2, 0) is 16.6 Å². The van der Waals surface area contributed by atoms with Crippen molar-refractivity contribution < 1.29 is 17.2 Å². The molecule has 0 saturated carbocycles. The molecule has 0 aliphatic heterocycles. The summed E-state index contributed by atoms with van der Waals surface area (Å²) >= 11 is 0. The number of anilines is 1. The van der Waals surface area contributed by atoms with E-state index in [4.69, 9.17) is 9.68 Å². The van der Waals surface area contributed by atoms with Crippen molar-refractivity contribution in [2.24, 2.45) is 0 Å². The Labute approximate surface area is 150 Å². The fourth-order valence-corrected chi connectivity index (χ4v) is 3.25. The highest BCUT2D eigenvalue weighted by atomic mass is 32.2. The summed E-state index contributed by atoms with van der Waals surface area (Å²) in [5, 5.41) is 9.01. The largest absolute Gasteiger partial charge is 0.444 e. The van der Waals surface area contributed by atoms with Gasteiger partial charge >= 0.3 is 0 Å². The van der Waals surface area contributed by atoms with Gasteiger partial charge in [0.05, 0.1) is 30.1 Å². The van der Waals surface area contributed by atoms with Gasteiger partial charge in [-0.3, -0.25) is 4.31 Å². The van der Waals surface area contributed by atoms with E-state index in [1.165, 1.54) is 36.6 Å². The van der Waals surface area contributed by atoms with E-state index in [1.54, 1.807) is 18.2 Å². The first-order valence-electron chi connectivity index (χ1n) is 7.55. The molecule has 0 unspecified atom stereocenters. The van der Waals surface area contributed by atoms with Gasteiger partial charge in [-0.1, -0.05) is 6.07 Å². The highest BCUT2D eigenvalue weighted by Crippen LogP contribution is 2.24. The zero-order valence-corrected chi connectivity index (χ0v) is 14.6. The van der Waals surface area contributed by atoms with E-state index in [1.807, 2.05) is 6.07 Å². The molecule has 0 atom stereocenters. The van der Waals surface area contributed by atoms with E-state index in [0.717, 1.165) is 10.6 Å². The summed E-state index contributed by atoms with van der Waals surface area (Å²) in [6.07, 6.45) is 2.43. The van der Waals surface area contributed by atoms with Crippen LogP contribution in [0, 0.1) is 17.1 Å². The molecule has 2 aromatic carbocycles. The molecule has 0 amide bonds. The van der Waals surface area contributed by atoms with Crippen LogP contribution in [0.3, 0.4) is 0 Å². The van der Waals surface area contributed by atoms with Crippen LogP contribution >= 0.6 is 0 Å². The molecule has 0 radical (unpaired) electrons. The summed E-state index contributed by atoms with van der Waals surface area (Å²) < 4.78 is 43.9. The second kappa shape index (κ2) is 6.98. The van der Waals surface area contributed by atoms with E-state index in [2.05, 4.69) is 4.98 Å². The van der Waals surface area contributed by atoms with Gasteiger partial charge in [0.25, 0.3) is 0 Å². The van der Waals surface area contributed by atoms with Crippen molar-refractivity contribution >= 4 is 15.7 Å². The topological polar surface area (TPSA) is 87.2 Å². The fourth-order valence-electron chi connectivity index (χ4n) is 2.38. The van der Waals surface area contributed by atoms with Gasteiger partial charge in [-0.05, 0) is 42.5 Å². The molecule has 0 aliphatic carbocycles. The number of benzene rings is 2. The average molecular weight is 371 g/mol. The molecule has 8 heteroatoms. The zero-order chi connectivity index (χ0) is 18.7. The van der Waals surface area contributed by atoms with Crippen molar-refractivity contribution in [3.05, 3.63) is 71.9 Å². The predicted molar refractivity (Wildman–Crippen MR) is 94.1 cm³/mol. The number of sulfonamides is 1. The maximum absolute atomic E-state index is 13.0. The third-order valence-electron chi connectivity index (χ3n) is 3.61. The lowest BCUT2D eigenvalue weighted by atomic mass is 10.2. The van der Waals surface area contributed by atoms with E-state index < -0.39 is 10.0 Å². The maximum atomic E-state index is 13.0. The summed E-state index contributed by atoms with van der Waals surface area (Å²) in [6, 6.07) is 13.9.